The quantitative estimate of drug-likeness (QED) is 0.592. The van der Waals surface area contributed by atoms with Crippen LogP contribution in [0.4, 0.5) is 5.69 Å². The summed E-state index contributed by atoms with van der Waals surface area (Å²) in [5, 5.41) is 15.2. The van der Waals surface area contributed by atoms with Crippen LogP contribution in [0.2, 0.25) is 10.0 Å². The van der Waals surface area contributed by atoms with E-state index < -0.39 is 5.97 Å². The van der Waals surface area contributed by atoms with Crippen molar-refractivity contribution in [3.8, 4) is 0 Å². The van der Waals surface area contributed by atoms with Crippen molar-refractivity contribution in [3.63, 3.8) is 0 Å². The highest BCUT2D eigenvalue weighted by Crippen LogP contribution is 2.32. The van der Waals surface area contributed by atoms with Crippen molar-refractivity contribution in [1.82, 2.24) is 5.32 Å². The number of anilines is 1. The zero-order chi connectivity index (χ0) is 13.7. The number of nitrogens with one attached hydrogen (secondary N) is 2. The Bertz CT molecular complexity index is 518. The normalized spacial score (nSPS) is 10.4. The van der Waals surface area contributed by atoms with Crippen LogP contribution in [-0.2, 0) is 4.79 Å². The SMILES string of the molecule is CNC(=S)Nc1cc(/C=C/C(=O)O)cc(Cl)c1Cl. The van der Waals surface area contributed by atoms with Crippen LogP contribution in [-0.4, -0.2) is 23.2 Å². The minimum atomic E-state index is -1.04. The lowest BCUT2D eigenvalue weighted by molar-refractivity contribution is -0.131. The largest absolute Gasteiger partial charge is 0.478 e. The summed E-state index contributed by atoms with van der Waals surface area (Å²) in [7, 11) is 1.67. The van der Waals surface area contributed by atoms with Gasteiger partial charge in [-0.05, 0) is 36.0 Å². The van der Waals surface area contributed by atoms with Crippen molar-refractivity contribution in [1.29, 1.82) is 0 Å². The molecule has 0 heterocycles. The van der Waals surface area contributed by atoms with E-state index in [-0.39, 0.29) is 0 Å². The summed E-state index contributed by atoms with van der Waals surface area (Å²) in [6.45, 7) is 0. The molecule has 96 valence electrons. The maximum absolute atomic E-state index is 10.4. The molecule has 0 bridgehead atoms. The molecule has 1 aromatic carbocycles. The second-order valence-electron chi connectivity index (χ2n) is 3.24. The van der Waals surface area contributed by atoms with Gasteiger partial charge in [-0.15, -0.1) is 0 Å². The van der Waals surface area contributed by atoms with E-state index in [0.717, 1.165) is 6.08 Å². The molecule has 0 aromatic heterocycles. The molecule has 7 heteroatoms. The van der Waals surface area contributed by atoms with Gasteiger partial charge in [0.15, 0.2) is 5.11 Å². The lowest BCUT2D eigenvalue weighted by atomic mass is 10.2. The molecule has 1 rings (SSSR count). The standard InChI is InChI=1S/C11H10Cl2N2O2S/c1-14-11(18)15-8-5-6(2-3-9(16)17)4-7(12)10(8)13/h2-5H,1H3,(H,16,17)(H2,14,15,18)/b3-2+. The molecular weight excluding hydrogens is 295 g/mol. The van der Waals surface area contributed by atoms with Gasteiger partial charge in [0.1, 0.15) is 0 Å². The molecule has 18 heavy (non-hydrogen) atoms. The maximum atomic E-state index is 10.4. The summed E-state index contributed by atoms with van der Waals surface area (Å²) in [5.41, 5.74) is 1.11. The Morgan fingerprint density at radius 1 is 1.44 bits per heavy atom. The fraction of sp³-hybridized carbons (Fsp3) is 0.0909. The van der Waals surface area contributed by atoms with Gasteiger partial charge >= 0.3 is 5.97 Å². The van der Waals surface area contributed by atoms with Gasteiger partial charge in [-0.3, -0.25) is 0 Å². The third-order valence-corrected chi connectivity index (χ3v) is 3.05. The summed E-state index contributed by atoms with van der Waals surface area (Å²) in [5.74, 6) is -1.04. The Balaban J connectivity index is 3.10. The average Bonchev–Trinajstić information content (AvgIpc) is 2.32. The predicted octanol–water partition coefficient (Wildman–Crippen LogP) is 3.01. The molecule has 3 N–H and O–H groups in total. The monoisotopic (exact) mass is 304 g/mol. The summed E-state index contributed by atoms with van der Waals surface area (Å²) in [6, 6.07) is 3.22. The van der Waals surface area contributed by atoms with Crippen LogP contribution in [0.5, 0.6) is 0 Å². The molecule has 0 unspecified atom stereocenters. The smallest absolute Gasteiger partial charge is 0.328 e. The van der Waals surface area contributed by atoms with Gasteiger partial charge in [-0.25, -0.2) is 4.79 Å². The summed E-state index contributed by atoms with van der Waals surface area (Å²) < 4.78 is 0. The van der Waals surface area contributed by atoms with Gasteiger partial charge in [-0.1, -0.05) is 23.2 Å². The van der Waals surface area contributed by atoms with Gasteiger partial charge < -0.3 is 15.7 Å². The van der Waals surface area contributed by atoms with Crippen LogP contribution < -0.4 is 10.6 Å². The third kappa shape index (κ3) is 4.18. The van der Waals surface area contributed by atoms with Crippen molar-refractivity contribution in [3.05, 3.63) is 33.8 Å². The highest BCUT2D eigenvalue weighted by molar-refractivity contribution is 7.80. The van der Waals surface area contributed by atoms with E-state index in [1.165, 1.54) is 6.08 Å². The molecule has 0 fully saturated rings. The maximum Gasteiger partial charge on any atom is 0.328 e. The van der Waals surface area contributed by atoms with Crippen molar-refractivity contribution >= 4 is 58.3 Å². The Labute approximate surface area is 120 Å². The number of carbonyl (C=O) groups is 1. The molecule has 0 saturated carbocycles. The van der Waals surface area contributed by atoms with E-state index in [1.54, 1.807) is 19.2 Å². The first kappa shape index (κ1) is 14.8. The van der Waals surface area contributed by atoms with E-state index in [0.29, 0.717) is 26.4 Å². The molecule has 0 aliphatic rings. The van der Waals surface area contributed by atoms with E-state index in [9.17, 15) is 4.79 Å². The summed E-state index contributed by atoms with van der Waals surface area (Å²) >= 11 is 16.9. The lowest BCUT2D eigenvalue weighted by Crippen LogP contribution is -2.24. The van der Waals surface area contributed by atoms with Crippen LogP contribution in [0.25, 0.3) is 6.08 Å². The molecule has 0 amide bonds. The van der Waals surface area contributed by atoms with E-state index >= 15 is 0 Å². The van der Waals surface area contributed by atoms with Gasteiger partial charge in [0.2, 0.25) is 0 Å². The van der Waals surface area contributed by atoms with Gasteiger partial charge in [-0.2, -0.15) is 0 Å². The van der Waals surface area contributed by atoms with Crippen molar-refractivity contribution in [2.75, 3.05) is 12.4 Å². The van der Waals surface area contributed by atoms with E-state index in [2.05, 4.69) is 10.6 Å². The number of halogens is 2. The van der Waals surface area contributed by atoms with Crippen molar-refractivity contribution in [2.45, 2.75) is 0 Å². The number of carboxylic acids is 1. The Hall–Kier alpha value is -1.30. The number of thiocarbonyl (C=S) groups is 1. The first-order valence-electron chi connectivity index (χ1n) is 4.83. The van der Waals surface area contributed by atoms with Gasteiger partial charge in [0, 0.05) is 13.1 Å². The molecule has 0 atom stereocenters. The average molecular weight is 305 g/mol. The number of carboxylic acid groups (broad SMARTS) is 1. The Morgan fingerprint density at radius 3 is 2.67 bits per heavy atom. The lowest BCUT2D eigenvalue weighted by Gasteiger charge is -2.11. The fourth-order valence-corrected chi connectivity index (χ4v) is 1.64. The molecule has 1 aromatic rings. The van der Waals surface area contributed by atoms with Crippen LogP contribution in [0.3, 0.4) is 0 Å². The molecule has 0 radical (unpaired) electrons. The number of aliphatic carboxylic acids is 1. The first-order chi connectivity index (χ1) is 8.43. The number of rotatable bonds is 3. The van der Waals surface area contributed by atoms with Crippen molar-refractivity contribution < 1.29 is 9.90 Å². The first-order valence-corrected chi connectivity index (χ1v) is 5.99. The zero-order valence-corrected chi connectivity index (χ0v) is 11.7. The molecular formula is C11H10Cl2N2O2S. The molecule has 4 nitrogen and oxygen atoms in total. The highest BCUT2D eigenvalue weighted by Gasteiger charge is 2.07. The van der Waals surface area contributed by atoms with Crippen LogP contribution >= 0.6 is 35.4 Å². The van der Waals surface area contributed by atoms with E-state index in [4.69, 9.17) is 40.5 Å². The van der Waals surface area contributed by atoms with Crippen LogP contribution in [0, 0.1) is 0 Å². The number of hydrogen-bond donors (Lipinski definition) is 3. The summed E-state index contributed by atoms with van der Waals surface area (Å²) in [6.07, 6.45) is 2.43. The second kappa shape index (κ2) is 6.58. The minimum Gasteiger partial charge on any atom is -0.478 e. The predicted molar refractivity (Wildman–Crippen MR) is 78.4 cm³/mol. The molecule has 0 aliphatic heterocycles. The second-order valence-corrected chi connectivity index (χ2v) is 4.43. The van der Waals surface area contributed by atoms with Crippen LogP contribution in [0.15, 0.2) is 18.2 Å². The Kier molecular flexibility index (Phi) is 5.40. The Morgan fingerprint density at radius 2 is 2.11 bits per heavy atom. The minimum absolute atomic E-state index is 0.311. The van der Waals surface area contributed by atoms with E-state index in [1.807, 2.05) is 0 Å². The third-order valence-electron chi connectivity index (χ3n) is 1.94. The van der Waals surface area contributed by atoms with Crippen molar-refractivity contribution in [2.24, 2.45) is 0 Å². The summed E-state index contributed by atoms with van der Waals surface area (Å²) in [4.78, 5) is 10.4. The highest BCUT2D eigenvalue weighted by atomic mass is 35.5. The number of benzene rings is 1. The fourth-order valence-electron chi connectivity index (χ4n) is 1.15. The topological polar surface area (TPSA) is 61.4 Å². The van der Waals surface area contributed by atoms with Gasteiger partial charge in [0.05, 0.1) is 15.7 Å². The molecule has 0 spiro atoms. The van der Waals surface area contributed by atoms with Crippen LogP contribution in [0.1, 0.15) is 5.56 Å². The number of hydrogen-bond acceptors (Lipinski definition) is 2. The zero-order valence-electron chi connectivity index (χ0n) is 9.33. The molecule has 0 aliphatic carbocycles. The molecule has 0 saturated heterocycles. The van der Waals surface area contributed by atoms with Gasteiger partial charge in [0.25, 0.3) is 0 Å².